The zero-order valence-electron chi connectivity index (χ0n) is 10.3. The van der Waals surface area contributed by atoms with Gasteiger partial charge in [0.15, 0.2) is 5.82 Å². The monoisotopic (exact) mass is 255 g/mol. The van der Waals surface area contributed by atoms with Crippen LogP contribution in [-0.4, -0.2) is 16.5 Å². The molecule has 2 amide bonds. The summed E-state index contributed by atoms with van der Waals surface area (Å²) < 4.78 is 13.5. The average Bonchev–Trinajstić information content (AvgIpc) is 2.17. The van der Waals surface area contributed by atoms with Crippen LogP contribution in [0.25, 0.3) is 0 Å². The molecular weight excluding hydrogens is 241 g/mol. The van der Waals surface area contributed by atoms with Crippen LogP contribution < -0.4 is 10.6 Å². The van der Waals surface area contributed by atoms with Crippen molar-refractivity contribution in [1.29, 1.82) is 0 Å². The largest absolute Gasteiger partial charge is 0.333 e. The number of nitrogens with zero attached hydrogens (tertiary/aromatic N) is 1. The van der Waals surface area contributed by atoms with Crippen molar-refractivity contribution in [3.05, 3.63) is 34.1 Å². The summed E-state index contributed by atoms with van der Waals surface area (Å²) in [6.07, 6.45) is 0. The van der Waals surface area contributed by atoms with E-state index in [1.165, 1.54) is 0 Å². The molecule has 1 rings (SSSR count). The molecule has 6 nitrogen and oxygen atoms in total. The molecule has 0 aliphatic carbocycles. The van der Waals surface area contributed by atoms with Crippen molar-refractivity contribution < 1.29 is 14.1 Å². The summed E-state index contributed by atoms with van der Waals surface area (Å²) in [6, 6.07) is 2.45. The lowest BCUT2D eigenvalue weighted by Gasteiger charge is -2.20. The predicted octanol–water partition coefficient (Wildman–Crippen LogP) is 2.65. The van der Waals surface area contributed by atoms with Gasteiger partial charge in [0.2, 0.25) is 0 Å². The van der Waals surface area contributed by atoms with E-state index in [0.29, 0.717) is 0 Å². The Bertz CT molecular complexity index is 483. The van der Waals surface area contributed by atoms with Gasteiger partial charge in [-0.15, -0.1) is 0 Å². The molecule has 0 unspecified atom stereocenters. The van der Waals surface area contributed by atoms with Crippen molar-refractivity contribution in [1.82, 2.24) is 5.32 Å². The Kier molecular flexibility index (Phi) is 3.85. The number of hydrogen-bond donors (Lipinski definition) is 2. The van der Waals surface area contributed by atoms with Gasteiger partial charge in [0.1, 0.15) is 0 Å². The quantitative estimate of drug-likeness (QED) is 0.629. The predicted molar refractivity (Wildman–Crippen MR) is 65.0 cm³/mol. The molecule has 0 aliphatic heterocycles. The summed E-state index contributed by atoms with van der Waals surface area (Å²) in [4.78, 5) is 21.2. The molecule has 0 radical (unpaired) electrons. The van der Waals surface area contributed by atoms with E-state index in [0.717, 1.165) is 18.2 Å². The van der Waals surface area contributed by atoms with E-state index in [-0.39, 0.29) is 11.4 Å². The van der Waals surface area contributed by atoms with E-state index in [9.17, 15) is 19.3 Å². The fourth-order valence-corrected chi connectivity index (χ4v) is 1.21. The molecule has 7 heteroatoms. The summed E-state index contributed by atoms with van der Waals surface area (Å²) in [5, 5.41) is 15.3. The highest BCUT2D eigenvalue weighted by atomic mass is 19.1. The molecule has 0 bridgehead atoms. The van der Waals surface area contributed by atoms with Crippen LogP contribution in [0.5, 0.6) is 0 Å². The number of halogens is 1. The number of carbonyl (C=O) groups excluding carboxylic acids is 1. The third-order valence-corrected chi connectivity index (χ3v) is 1.90. The molecule has 98 valence electrons. The van der Waals surface area contributed by atoms with Crippen LogP contribution in [0.1, 0.15) is 20.8 Å². The average molecular weight is 255 g/mol. The van der Waals surface area contributed by atoms with Crippen LogP contribution in [-0.2, 0) is 0 Å². The van der Waals surface area contributed by atoms with E-state index < -0.39 is 22.3 Å². The van der Waals surface area contributed by atoms with Crippen molar-refractivity contribution in [3.63, 3.8) is 0 Å². The molecule has 1 aromatic carbocycles. The molecule has 18 heavy (non-hydrogen) atoms. The summed E-state index contributed by atoms with van der Waals surface area (Å²) in [6.45, 7) is 5.33. The van der Waals surface area contributed by atoms with E-state index in [1.807, 2.05) is 0 Å². The fourth-order valence-electron chi connectivity index (χ4n) is 1.21. The van der Waals surface area contributed by atoms with E-state index in [1.54, 1.807) is 20.8 Å². The highest BCUT2D eigenvalue weighted by Gasteiger charge is 2.16. The smallest absolute Gasteiger partial charge is 0.319 e. The molecule has 0 saturated heterocycles. The lowest BCUT2D eigenvalue weighted by Crippen LogP contribution is -2.43. The van der Waals surface area contributed by atoms with Gasteiger partial charge in [0.05, 0.1) is 16.7 Å². The third kappa shape index (κ3) is 4.00. The maximum Gasteiger partial charge on any atom is 0.319 e. The Labute approximate surface area is 103 Å². The van der Waals surface area contributed by atoms with Crippen molar-refractivity contribution >= 4 is 17.4 Å². The van der Waals surface area contributed by atoms with Crippen molar-refractivity contribution in [2.45, 2.75) is 26.3 Å². The Hall–Kier alpha value is -2.18. The Morgan fingerprint density at radius 3 is 2.44 bits per heavy atom. The SMILES string of the molecule is CC(C)(C)NC(=O)Nc1ccc([N+](=O)[O-])cc1F. The molecule has 0 atom stereocenters. The van der Waals surface area contributed by atoms with Crippen LogP contribution in [0.3, 0.4) is 0 Å². The van der Waals surface area contributed by atoms with Gasteiger partial charge in [-0.3, -0.25) is 10.1 Å². The second kappa shape index (κ2) is 4.99. The van der Waals surface area contributed by atoms with E-state index >= 15 is 0 Å². The summed E-state index contributed by atoms with van der Waals surface area (Å²) in [7, 11) is 0. The van der Waals surface area contributed by atoms with Gasteiger partial charge in [-0.05, 0) is 26.8 Å². The Morgan fingerprint density at radius 1 is 1.39 bits per heavy atom. The van der Waals surface area contributed by atoms with Crippen LogP contribution in [0.4, 0.5) is 20.6 Å². The first-order valence-electron chi connectivity index (χ1n) is 5.22. The zero-order valence-corrected chi connectivity index (χ0v) is 10.3. The number of rotatable bonds is 2. The van der Waals surface area contributed by atoms with Crippen LogP contribution >= 0.6 is 0 Å². The van der Waals surface area contributed by atoms with E-state index in [2.05, 4.69) is 10.6 Å². The van der Waals surface area contributed by atoms with Crippen LogP contribution in [0.2, 0.25) is 0 Å². The van der Waals surface area contributed by atoms with Gasteiger partial charge in [0.25, 0.3) is 5.69 Å². The maximum absolute atomic E-state index is 13.5. The topological polar surface area (TPSA) is 84.3 Å². The second-order valence-electron chi connectivity index (χ2n) is 4.75. The maximum atomic E-state index is 13.5. The fraction of sp³-hybridized carbons (Fsp3) is 0.364. The first-order valence-corrected chi connectivity index (χ1v) is 5.22. The van der Waals surface area contributed by atoms with Gasteiger partial charge in [-0.2, -0.15) is 0 Å². The van der Waals surface area contributed by atoms with Gasteiger partial charge in [0, 0.05) is 11.6 Å². The number of hydrogen-bond acceptors (Lipinski definition) is 3. The first-order chi connectivity index (χ1) is 8.19. The number of anilines is 1. The second-order valence-corrected chi connectivity index (χ2v) is 4.75. The standard InChI is InChI=1S/C11H14FN3O3/c1-11(2,3)14-10(16)13-9-5-4-7(15(17)18)6-8(9)12/h4-6H,1-3H3,(H2,13,14,16). The number of urea groups is 1. The van der Waals surface area contributed by atoms with Crippen LogP contribution in [0.15, 0.2) is 18.2 Å². The van der Waals surface area contributed by atoms with Crippen LogP contribution in [0, 0.1) is 15.9 Å². The summed E-state index contributed by atoms with van der Waals surface area (Å²) in [5.74, 6) is -0.853. The first kappa shape index (κ1) is 13.9. The highest BCUT2D eigenvalue weighted by Crippen LogP contribution is 2.20. The minimum Gasteiger partial charge on any atom is -0.333 e. The zero-order chi connectivity index (χ0) is 13.9. The molecule has 0 spiro atoms. The van der Waals surface area contributed by atoms with Crippen molar-refractivity contribution in [2.75, 3.05) is 5.32 Å². The van der Waals surface area contributed by atoms with Gasteiger partial charge in [-0.1, -0.05) is 0 Å². The number of amides is 2. The number of carbonyl (C=O) groups is 1. The molecule has 0 aliphatic rings. The van der Waals surface area contributed by atoms with Crippen molar-refractivity contribution in [2.24, 2.45) is 0 Å². The molecule has 0 heterocycles. The summed E-state index contributed by atoms with van der Waals surface area (Å²) in [5.41, 5.74) is -0.932. The van der Waals surface area contributed by atoms with Gasteiger partial charge >= 0.3 is 6.03 Å². The highest BCUT2D eigenvalue weighted by molar-refractivity contribution is 5.89. The Balaban J connectivity index is 2.80. The van der Waals surface area contributed by atoms with Gasteiger partial charge in [-0.25, -0.2) is 9.18 Å². The minimum atomic E-state index is -0.853. The molecular formula is C11H14FN3O3. The lowest BCUT2D eigenvalue weighted by atomic mass is 10.1. The molecule has 0 aromatic heterocycles. The third-order valence-electron chi connectivity index (χ3n) is 1.90. The number of nitro groups is 1. The van der Waals surface area contributed by atoms with E-state index in [4.69, 9.17) is 0 Å². The van der Waals surface area contributed by atoms with Gasteiger partial charge < -0.3 is 10.6 Å². The molecule has 2 N–H and O–H groups in total. The Morgan fingerprint density at radius 2 is 2.00 bits per heavy atom. The number of non-ortho nitro benzene ring substituents is 1. The normalized spacial score (nSPS) is 10.9. The minimum absolute atomic E-state index is 0.109. The molecule has 0 fully saturated rings. The molecule has 0 saturated carbocycles. The number of nitrogens with one attached hydrogen (secondary N) is 2. The molecule has 1 aromatic rings. The van der Waals surface area contributed by atoms with Crippen molar-refractivity contribution in [3.8, 4) is 0 Å². The number of nitro benzene ring substituents is 1. The summed E-state index contributed by atoms with van der Waals surface area (Å²) >= 11 is 0. The number of benzene rings is 1. The lowest BCUT2D eigenvalue weighted by molar-refractivity contribution is -0.385.